The van der Waals surface area contributed by atoms with Crippen molar-refractivity contribution in [2.75, 3.05) is 26.9 Å². The molecule has 2 aromatic carbocycles. The van der Waals surface area contributed by atoms with Gasteiger partial charge in [-0.05, 0) is 28.7 Å². The molecule has 0 fully saturated rings. The van der Waals surface area contributed by atoms with Gasteiger partial charge in [0, 0.05) is 25.5 Å². The molecule has 3 rings (SSSR count). The van der Waals surface area contributed by atoms with Gasteiger partial charge >= 0.3 is 12.1 Å². The number of hydrogen-bond donors (Lipinski definition) is 3. The minimum Gasteiger partial charge on any atom is -0.480 e. The van der Waals surface area contributed by atoms with Crippen molar-refractivity contribution in [3.8, 4) is 11.1 Å². The quantitative estimate of drug-likeness (QED) is 0.524. The summed E-state index contributed by atoms with van der Waals surface area (Å²) in [7, 11) is 1.36. The average molecular weight is 440 g/mol. The third-order valence-corrected chi connectivity index (χ3v) is 5.59. The number of benzene rings is 2. The molecule has 0 radical (unpaired) electrons. The highest BCUT2D eigenvalue weighted by Crippen LogP contribution is 2.44. The number of fused-ring (bicyclic) bond motifs is 3. The Kier molecular flexibility index (Phi) is 7.83. The lowest BCUT2D eigenvalue weighted by atomic mass is 9.98. The summed E-state index contributed by atoms with van der Waals surface area (Å²) in [4.78, 5) is 35.5. The first kappa shape index (κ1) is 23.3. The number of ether oxygens (including phenoxy) is 2. The molecule has 1 aliphatic carbocycles. The van der Waals surface area contributed by atoms with Gasteiger partial charge in [-0.2, -0.15) is 0 Å². The van der Waals surface area contributed by atoms with Crippen LogP contribution in [0.25, 0.3) is 11.1 Å². The van der Waals surface area contributed by atoms with Crippen LogP contribution in [0.1, 0.15) is 30.4 Å². The summed E-state index contributed by atoms with van der Waals surface area (Å²) in [5.41, 5.74) is 4.59. The van der Waals surface area contributed by atoms with Crippen LogP contribution in [0.5, 0.6) is 0 Å². The van der Waals surface area contributed by atoms with Gasteiger partial charge in [-0.25, -0.2) is 9.59 Å². The molecule has 0 aromatic heterocycles. The second-order valence-corrected chi connectivity index (χ2v) is 7.80. The molecular formula is C24H28N2O6. The predicted octanol–water partition coefficient (Wildman–Crippen LogP) is 2.77. The monoisotopic (exact) mass is 440 g/mol. The van der Waals surface area contributed by atoms with Gasteiger partial charge in [-0.1, -0.05) is 55.5 Å². The number of nitrogens with one attached hydrogen (secondary N) is 2. The third-order valence-electron chi connectivity index (χ3n) is 5.59. The zero-order chi connectivity index (χ0) is 23.1. The maximum absolute atomic E-state index is 12.2. The Balaban J connectivity index is 1.46. The largest absolute Gasteiger partial charge is 0.480 e. The van der Waals surface area contributed by atoms with E-state index in [0.717, 1.165) is 22.3 Å². The molecule has 0 bridgehead atoms. The molecule has 2 aromatic rings. The molecule has 0 aliphatic heterocycles. The first-order valence-corrected chi connectivity index (χ1v) is 10.5. The molecule has 0 heterocycles. The molecule has 1 unspecified atom stereocenters. The lowest BCUT2D eigenvalue weighted by molar-refractivity contribution is -0.143. The summed E-state index contributed by atoms with van der Waals surface area (Å²) in [6.07, 6.45) is -0.211. The van der Waals surface area contributed by atoms with Crippen LogP contribution in [-0.4, -0.2) is 56.0 Å². The number of carboxylic acid groups (broad SMARTS) is 1. The molecule has 0 saturated carbocycles. The number of aliphatic carboxylic acids is 1. The Bertz CT molecular complexity index is 931. The molecule has 3 N–H and O–H groups in total. The molecule has 170 valence electrons. The minimum absolute atomic E-state index is 0.0217. The van der Waals surface area contributed by atoms with E-state index in [1.165, 1.54) is 7.11 Å². The fourth-order valence-electron chi connectivity index (χ4n) is 3.83. The van der Waals surface area contributed by atoms with Gasteiger partial charge in [0.25, 0.3) is 0 Å². The van der Waals surface area contributed by atoms with Gasteiger partial charge in [0.2, 0.25) is 5.91 Å². The number of rotatable bonds is 10. The zero-order valence-corrected chi connectivity index (χ0v) is 18.2. The minimum atomic E-state index is -1.16. The molecular weight excluding hydrogens is 412 g/mol. The highest BCUT2D eigenvalue weighted by molar-refractivity contribution is 5.85. The van der Waals surface area contributed by atoms with Crippen molar-refractivity contribution < 1.29 is 29.0 Å². The van der Waals surface area contributed by atoms with Crippen molar-refractivity contribution in [3.05, 3.63) is 59.7 Å². The van der Waals surface area contributed by atoms with E-state index in [1.807, 2.05) is 24.3 Å². The van der Waals surface area contributed by atoms with Gasteiger partial charge < -0.3 is 25.2 Å². The van der Waals surface area contributed by atoms with E-state index in [2.05, 4.69) is 34.9 Å². The van der Waals surface area contributed by atoms with Crippen LogP contribution in [0.4, 0.5) is 4.79 Å². The summed E-state index contributed by atoms with van der Waals surface area (Å²) >= 11 is 0. The lowest BCUT2D eigenvalue weighted by Crippen LogP contribution is -2.46. The van der Waals surface area contributed by atoms with Gasteiger partial charge in [-0.15, -0.1) is 0 Å². The van der Waals surface area contributed by atoms with Crippen LogP contribution >= 0.6 is 0 Å². The second kappa shape index (κ2) is 10.8. The fourth-order valence-corrected chi connectivity index (χ4v) is 3.83. The van der Waals surface area contributed by atoms with Crippen LogP contribution in [0.2, 0.25) is 0 Å². The summed E-state index contributed by atoms with van der Waals surface area (Å²) in [5.74, 6) is -2.08. The molecule has 0 spiro atoms. The number of methoxy groups -OCH3 is 1. The maximum Gasteiger partial charge on any atom is 0.407 e. The summed E-state index contributed by atoms with van der Waals surface area (Å²) in [6, 6.07) is 15.1. The lowest BCUT2D eigenvalue weighted by Gasteiger charge is -2.18. The number of carboxylic acids is 1. The van der Waals surface area contributed by atoms with Crippen LogP contribution in [0.15, 0.2) is 48.5 Å². The van der Waals surface area contributed by atoms with Gasteiger partial charge in [0.15, 0.2) is 6.04 Å². The Morgan fingerprint density at radius 2 is 1.62 bits per heavy atom. The Morgan fingerprint density at radius 3 is 2.19 bits per heavy atom. The van der Waals surface area contributed by atoms with Crippen molar-refractivity contribution in [1.29, 1.82) is 0 Å². The second-order valence-electron chi connectivity index (χ2n) is 7.80. The van der Waals surface area contributed by atoms with Gasteiger partial charge in [-0.3, -0.25) is 4.79 Å². The van der Waals surface area contributed by atoms with E-state index < -0.39 is 29.9 Å². The summed E-state index contributed by atoms with van der Waals surface area (Å²) < 4.78 is 10.3. The first-order valence-electron chi connectivity index (χ1n) is 10.5. The van der Waals surface area contributed by atoms with Crippen molar-refractivity contribution in [3.63, 3.8) is 0 Å². The standard InChI is InChI=1S/C24H28N2O6/c1-15(22(27)26-21(14-31-2)23(28)29)11-12-25-24(30)32-13-20-18-9-5-3-7-16(18)17-8-4-6-10-19(17)20/h3-10,15,20-21H,11-14H2,1-2H3,(H,25,30)(H,26,27)(H,28,29)/t15?,21-/m0/s1. The van der Waals surface area contributed by atoms with E-state index in [-0.39, 0.29) is 25.7 Å². The molecule has 1 aliphatic rings. The van der Waals surface area contributed by atoms with Crippen molar-refractivity contribution in [1.82, 2.24) is 10.6 Å². The number of hydrogen-bond acceptors (Lipinski definition) is 5. The van der Waals surface area contributed by atoms with E-state index in [9.17, 15) is 14.4 Å². The number of carbonyl (C=O) groups is 3. The topological polar surface area (TPSA) is 114 Å². The van der Waals surface area contributed by atoms with Crippen LogP contribution in [-0.2, 0) is 19.1 Å². The van der Waals surface area contributed by atoms with Crippen LogP contribution in [0, 0.1) is 5.92 Å². The van der Waals surface area contributed by atoms with Crippen LogP contribution in [0.3, 0.4) is 0 Å². The maximum atomic E-state index is 12.2. The van der Waals surface area contributed by atoms with Crippen molar-refractivity contribution in [2.45, 2.75) is 25.3 Å². The normalized spacial score (nSPS) is 14.1. The van der Waals surface area contributed by atoms with E-state index >= 15 is 0 Å². The zero-order valence-electron chi connectivity index (χ0n) is 18.2. The number of amides is 2. The molecule has 8 nitrogen and oxygen atoms in total. The molecule has 2 amide bonds. The number of alkyl carbamates (subject to hydrolysis) is 1. The smallest absolute Gasteiger partial charge is 0.407 e. The highest BCUT2D eigenvalue weighted by atomic mass is 16.5. The van der Waals surface area contributed by atoms with Crippen LogP contribution < -0.4 is 10.6 Å². The Morgan fingerprint density at radius 1 is 1.03 bits per heavy atom. The SMILES string of the molecule is COC[C@H](NC(=O)C(C)CCNC(=O)OCC1c2ccccc2-c2ccccc21)C(=O)O. The summed E-state index contributed by atoms with van der Waals surface area (Å²) in [6.45, 7) is 1.99. The summed E-state index contributed by atoms with van der Waals surface area (Å²) in [5, 5.41) is 14.2. The third kappa shape index (κ3) is 5.45. The van der Waals surface area contributed by atoms with Gasteiger partial charge in [0.05, 0.1) is 6.61 Å². The van der Waals surface area contributed by atoms with Crippen molar-refractivity contribution in [2.24, 2.45) is 5.92 Å². The molecule has 2 atom stereocenters. The first-order chi connectivity index (χ1) is 15.4. The Hall–Kier alpha value is -3.39. The predicted molar refractivity (Wildman–Crippen MR) is 118 cm³/mol. The van der Waals surface area contributed by atoms with Gasteiger partial charge in [0.1, 0.15) is 6.61 Å². The Labute approximate surface area is 186 Å². The molecule has 32 heavy (non-hydrogen) atoms. The van der Waals surface area contributed by atoms with Crippen molar-refractivity contribution >= 4 is 18.0 Å². The number of carbonyl (C=O) groups excluding carboxylic acids is 2. The van der Waals surface area contributed by atoms with E-state index in [1.54, 1.807) is 6.92 Å². The molecule has 8 heteroatoms. The fraction of sp³-hybridized carbons (Fsp3) is 0.375. The average Bonchev–Trinajstić information content (AvgIpc) is 3.11. The van der Waals surface area contributed by atoms with E-state index in [4.69, 9.17) is 14.6 Å². The van der Waals surface area contributed by atoms with E-state index in [0.29, 0.717) is 6.42 Å². The highest BCUT2D eigenvalue weighted by Gasteiger charge is 2.29. The molecule has 0 saturated heterocycles.